The second-order valence-electron chi connectivity index (χ2n) is 4.99. The summed E-state index contributed by atoms with van der Waals surface area (Å²) in [7, 11) is 0. The molecule has 0 unspecified atom stereocenters. The van der Waals surface area contributed by atoms with Crippen molar-refractivity contribution in [1.29, 1.82) is 0 Å². The van der Waals surface area contributed by atoms with Gasteiger partial charge in [-0.1, -0.05) is 24.3 Å². The summed E-state index contributed by atoms with van der Waals surface area (Å²) in [6, 6.07) is 14.6. The Bertz CT molecular complexity index is 564. The van der Waals surface area contributed by atoms with Crippen LogP contribution in [0.4, 0.5) is 0 Å². The van der Waals surface area contributed by atoms with Crippen LogP contribution in [0.25, 0.3) is 0 Å². The molecule has 19 heavy (non-hydrogen) atoms. The molecule has 3 rings (SSSR count). The molecule has 0 aliphatic heterocycles. The third kappa shape index (κ3) is 3.32. The van der Waals surface area contributed by atoms with Crippen molar-refractivity contribution < 1.29 is 4.74 Å². The third-order valence-corrected chi connectivity index (χ3v) is 3.24. The maximum atomic E-state index is 5.83. The highest BCUT2D eigenvalue weighted by atomic mass is 16.5. The summed E-state index contributed by atoms with van der Waals surface area (Å²) in [4.78, 5) is 4.52. The van der Waals surface area contributed by atoms with Gasteiger partial charge in [0.25, 0.3) is 0 Å². The quantitative estimate of drug-likeness (QED) is 0.887. The number of aromatic nitrogens is 1. The highest BCUT2D eigenvalue weighted by molar-refractivity contribution is 5.35. The molecule has 0 amide bonds. The second-order valence-corrected chi connectivity index (χ2v) is 4.99. The molecule has 1 fully saturated rings. The van der Waals surface area contributed by atoms with Gasteiger partial charge in [0.05, 0.1) is 5.69 Å². The Labute approximate surface area is 113 Å². The van der Waals surface area contributed by atoms with Crippen molar-refractivity contribution in [3.05, 3.63) is 53.7 Å². The number of hydrogen-bond donors (Lipinski definition) is 1. The van der Waals surface area contributed by atoms with E-state index < -0.39 is 0 Å². The Morgan fingerprint density at radius 3 is 2.79 bits per heavy atom. The summed E-state index contributed by atoms with van der Waals surface area (Å²) in [5.41, 5.74) is 2.14. The number of nitrogens with zero attached hydrogens (tertiary/aromatic N) is 1. The third-order valence-electron chi connectivity index (χ3n) is 3.24. The van der Waals surface area contributed by atoms with Gasteiger partial charge in [-0.2, -0.15) is 0 Å². The minimum Gasteiger partial charge on any atom is -0.439 e. The fourth-order valence-corrected chi connectivity index (χ4v) is 1.93. The van der Waals surface area contributed by atoms with Gasteiger partial charge >= 0.3 is 0 Å². The molecule has 0 atom stereocenters. The summed E-state index contributed by atoms with van der Waals surface area (Å²) >= 11 is 0. The van der Waals surface area contributed by atoms with Crippen LogP contribution >= 0.6 is 0 Å². The van der Waals surface area contributed by atoms with Gasteiger partial charge in [0, 0.05) is 18.7 Å². The van der Waals surface area contributed by atoms with Crippen molar-refractivity contribution in [1.82, 2.24) is 10.3 Å². The predicted octanol–water partition coefficient (Wildman–Crippen LogP) is 3.43. The summed E-state index contributed by atoms with van der Waals surface area (Å²) < 4.78 is 5.83. The summed E-state index contributed by atoms with van der Waals surface area (Å²) in [5.74, 6) is 1.52. The molecule has 0 bridgehead atoms. The van der Waals surface area contributed by atoms with Gasteiger partial charge in [0.15, 0.2) is 0 Å². The predicted molar refractivity (Wildman–Crippen MR) is 75.4 cm³/mol. The highest BCUT2D eigenvalue weighted by Gasteiger charge is 2.20. The first kappa shape index (κ1) is 12.2. The van der Waals surface area contributed by atoms with Crippen molar-refractivity contribution in [2.45, 2.75) is 32.4 Å². The number of rotatable bonds is 5. The van der Waals surface area contributed by atoms with Gasteiger partial charge in [0.1, 0.15) is 5.75 Å². The number of pyridine rings is 1. The first-order chi connectivity index (χ1) is 9.31. The molecule has 1 aromatic carbocycles. The van der Waals surface area contributed by atoms with E-state index in [1.807, 2.05) is 49.4 Å². The molecule has 98 valence electrons. The Morgan fingerprint density at radius 1 is 1.16 bits per heavy atom. The van der Waals surface area contributed by atoms with E-state index in [0.717, 1.165) is 23.6 Å². The van der Waals surface area contributed by atoms with Crippen LogP contribution in [0.2, 0.25) is 0 Å². The van der Waals surface area contributed by atoms with Crippen molar-refractivity contribution >= 4 is 0 Å². The number of aryl methyl sites for hydroxylation is 1. The molecular weight excluding hydrogens is 236 g/mol. The fourth-order valence-electron chi connectivity index (χ4n) is 1.93. The molecule has 2 aromatic rings. The number of benzene rings is 1. The number of nitrogens with one attached hydrogen (secondary N) is 1. The minimum atomic E-state index is 0.657. The Hall–Kier alpha value is -1.87. The van der Waals surface area contributed by atoms with Gasteiger partial charge < -0.3 is 10.1 Å². The maximum Gasteiger partial charge on any atom is 0.219 e. The molecule has 3 nitrogen and oxygen atoms in total. The zero-order valence-corrected chi connectivity index (χ0v) is 11.1. The van der Waals surface area contributed by atoms with Crippen LogP contribution in [0, 0.1) is 6.92 Å². The first-order valence-corrected chi connectivity index (χ1v) is 6.74. The van der Waals surface area contributed by atoms with E-state index in [1.54, 1.807) is 0 Å². The fraction of sp³-hybridized carbons (Fsp3) is 0.312. The molecule has 0 saturated heterocycles. The van der Waals surface area contributed by atoms with Gasteiger partial charge in [-0.25, -0.2) is 4.98 Å². The lowest BCUT2D eigenvalue weighted by atomic mass is 10.2. The highest BCUT2D eigenvalue weighted by Crippen LogP contribution is 2.23. The van der Waals surface area contributed by atoms with E-state index >= 15 is 0 Å². The average molecular weight is 254 g/mol. The Balaban J connectivity index is 1.70. The molecular formula is C16H18N2O. The maximum absolute atomic E-state index is 5.83. The smallest absolute Gasteiger partial charge is 0.219 e. The molecule has 1 aliphatic carbocycles. The van der Waals surface area contributed by atoms with Crippen LogP contribution in [0.3, 0.4) is 0 Å². The van der Waals surface area contributed by atoms with E-state index in [-0.39, 0.29) is 0 Å². The molecule has 0 radical (unpaired) electrons. The van der Waals surface area contributed by atoms with Gasteiger partial charge in [-0.3, -0.25) is 0 Å². The van der Waals surface area contributed by atoms with E-state index in [1.165, 1.54) is 12.8 Å². The second kappa shape index (κ2) is 5.41. The van der Waals surface area contributed by atoms with E-state index in [4.69, 9.17) is 4.74 Å². The van der Waals surface area contributed by atoms with E-state index in [2.05, 4.69) is 10.3 Å². The van der Waals surface area contributed by atoms with Gasteiger partial charge in [-0.15, -0.1) is 0 Å². The first-order valence-electron chi connectivity index (χ1n) is 6.74. The van der Waals surface area contributed by atoms with Crippen LogP contribution in [-0.4, -0.2) is 11.0 Å². The van der Waals surface area contributed by atoms with Gasteiger partial charge in [0.2, 0.25) is 5.88 Å². The number of para-hydroxylation sites is 1. The number of hydrogen-bond acceptors (Lipinski definition) is 3. The summed E-state index contributed by atoms with van der Waals surface area (Å²) in [6.07, 6.45) is 2.58. The number of ether oxygens (including phenoxy) is 1. The van der Waals surface area contributed by atoms with E-state index in [9.17, 15) is 0 Å². The Morgan fingerprint density at radius 2 is 2.00 bits per heavy atom. The standard InChI is InChI=1S/C16H18N2O/c1-12-5-2-3-7-15(12)19-16-8-4-6-14(18-16)11-17-13-9-10-13/h2-8,13,17H,9-11H2,1H3. The van der Waals surface area contributed by atoms with Crippen molar-refractivity contribution in [2.24, 2.45) is 0 Å². The zero-order chi connectivity index (χ0) is 13.1. The SMILES string of the molecule is Cc1ccccc1Oc1cccc(CNC2CC2)n1. The lowest BCUT2D eigenvalue weighted by Gasteiger charge is -2.09. The van der Waals surface area contributed by atoms with Crippen LogP contribution in [0.1, 0.15) is 24.1 Å². The molecule has 1 saturated carbocycles. The normalized spacial score (nSPS) is 14.4. The molecule has 1 N–H and O–H groups in total. The van der Waals surface area contributed by atoms with Crippen molar-refractivity contribution in [2.75, 3.05) is 0 Å². The molecule has 1 aliphatic rings. The summed E-state index contributed by atoms with van der Waals surface area (Å²) in [5, 5.41) is 3.46. The summed E-state index contributed by atoms with van der Waals surface area (Å²) in [6.45, 7) is 2.85. The zero-order valence-electron chi connectivity index (χ0n) is 11.1. The monoisotopic (exact) mass is 254 g/mol. The van der Waals surface area contributed by atoms with Crippen LogP contribution in [-0.2, 0) is 6.54 Å². The lowest BCUT2D eigenvalue weighted by molar-refractivity contribution is 0.456. The van der Waals surface area contributed by atoms with E-state index in [0.29, 0.717) is 11.9 Å². The van der Waals surface area contributed by atoms with Crippen molar-refractivity contribution in [3.8, 4) is 11.6 Å². The van der Waals surface area contributed by atoms with Crippen LogP contribution in [0.15, 0.2) is 42.5 Å². The average Bonchev–Trinajstić information content (AvgIpc) is 3.24. The molecule has 0 spiro atoms. The minimum absolute atomic E-state index is 0.657. The molecule has 1 aromatic heterocycles. The molecule has 1 heterocycles. The van der Waals surface area contributed by atoms with Gasteiger partial charge in [-0.05, 0) is 37.5 Å². The lowest BCUT2D eigenvalue weighted by Crippen LogP contribution is -2.16. The van der Waals surface area contributed by atoms with Crippen LogP contribution in [0.5, 0.6) is 11.6 Å². The topological polar surface area (TPSA) is 34.1 Å². The van der Waals surface area contributed by atoms with Crippen LogP contribution < -0.4 is 10.1 Å². The Kier molecular flexibility index (Phi) is 3.47. The molecule has 3 heteroatoms. The van der Waals surface area contributed by atoms with Crippen molar-refractivity contribution in [3.63, 3.8) is 0 Å². The largest absolute Gasteiger partial charge is 0.439 e.